The third-order valence-corrected chi connectivity index (χ3v) is 3.09. The molecule has 0 heterocycles. The number of rotatable bonds is 4. The summed E-state index contributed by atoms with van der Waals surface area (Å²) in [6.07, 6.45) is -1.50. The molecule has 0 spiro atoms. The van der Waals surface area contributed by atoms with Gasteiger partial charge in [0.05, 0.1) is 14.2 Å². The van der Waals surface area contributed by atoms with Gasteiger partial charge in [-0.05, 0) is 18.2 Å². The Morgan fingerprint density at radius 1 is 0.905 bits per heavy atom. The molecule has 3 nitrogen and oxygen atoms in total. The van der Waals surface area contributed by atoms with Crippen molar-refractivity contribution in [1.82, 2.24) is 0 Å². The normalized spacial score (nSPS) is 12.1. The zero-order chi connectivity index (χ0) is 15.6. The van der Waals surface area contributed by atoms with E-state index in [1.807, 2.05) is 0 Å². The van der Waals surface area contributed by atoms with E-state index in [0.717, 1.165) is 12.1 Å². The van der Waals surface area contributed by atoms with Gasteiger partial charge in [-0.25, -0.2) is 13.2 Å². The van der Waals surface area contributed by atoms with E-state index in [1.165, 1.54) is 26.4 Å². The monoisotopic (exact) mass is 298 g/mol. The molecule has 0 saturated carbocycles. The summed E-state index contributed by atoms with van der Waals surface area (Å²) in [5.74, 6) is -3.65. The highest BCUT2D eigenvalue weighted by molar-refractivity contribution is 5.45. The Bertz CT molecular complexity index is 659. The van der Waals surface area contributed by atoms with Crippen LogP contribution in [0.4, 0.5) is 13.2 Å². The lowest BCUT2D eigenvalue weighted by Gasteiger charge is -2.17. The van der Waals surface area contributed by atoms with Gasteiger partial charge in [-0.2, -0.15) is 0 Å². The standard InChI is InChI=1S/C15H13F3O3/c1-20-8-3-4-9(12(7-8)21-2)15(19)10-5-6-11(16)14(18)13(10)17/h3-7,15,19H,1-2H3. The maximum absolute atomic E-state index is 13.7. The first-order valence-corrected chi connectivity index (χ1v) is 6.03. The van der Waals surface area contributed by atoms with Crippen LogP contribution in [-0.2, 0) is 0 Å². The van der Waals surface area contributed by atoms with E-state index in [0.29, 0.717) is 5.75 Å². The number of benzene rings is 2. The molecule has 1 unspecified atom stereocenters. The predicted octanol–water partition coefficient (Wildman–Crippen LogP) is 3.20. The molecular formula is C15H13F3O3. The molecule has 0 amide bonds. The summed E-state index contributed by atoms with van der Waals surface area (Å²) in [5, 5.41) is 10.2. The Balaban J connectivity index is 2.49. The smallest absolute Gasteiger partial charge is 0.194 e. The fraction of sp³-hybridized carbons (Fsp3) is 0.200. The third-order valence-electron chi connectivity index (χ3n) is 3.09. The van der Waals surface area contributed by atoms with Gasteiger partial charge in [0, 0.05) is 17.2 Å². The Labute approximate surface area is 119 Å². The molecule has 2 aromatic rings. The summed E-state index contributed by atoms with van der Waals surface area (Å²) in [6, 6.07) is 6.24. The summed E-state index contributed by atoms with van der Waals surface area (Å²) in [7, 11) is 2.83. The van der Waals surface area contributed by atoms with Crippen molar-refractivity contribution in [3.8, 4) is 11.5 Å². The highest BCUT2D eigenvalue weighted by atomic mass is 19.2. The molecule has 6 heteroatoms. The summed E-state index contributed by atoms with van der Waals surface area (Å²) in [4.78, 5) is 0. The number of hydrogen-bond acceptors (Lipinski definition) is 3. The van der Waals surface area contributed by atoms with E-state index in [-0.39, 0.29) is 16.9 Å². The molecule has 112 valence electrons. The van der Waals surface area contributed by atoms with Crippen LogP contribution < -0.4 is 9.47 Å². The molecule has 1 N–H and O–H groups in total. The van der Waals surface area contributed by atoms with Gasteiger partial charge in [-0.3, -0.25) is 0 Å². The maximum atomic E-state index is 13.7. The van der Waals surface area contributed by atoms with Crippen LogP contribution in [0.3, 0.4) is 0 Å². The minimum absolute atomic E-state index is 0.211. The third kappa shape index (κ3) is 2.80. The van der Waals surface area contributed by atoms with Gasteiger partial charge in [0.25, 0.3) is 0 Å². The fourth-order valence-electron chi connectivity index (χ4n) is 1.96. The number of hydrogen-bond donors (Lipinski definition) is 1. The van der Waals surface area contributed by atoms with Crippen LogP contribution in [0.2, 0.25) is 0 Å². The molecule has 0 radical (unpaired) electrons. The van der Waals surface area contributed by atoms with Crippen molar-refractivity contribution in [2.45, 2.75) is 6.10 Å². The van der Waals surface area contributed by atoms with Crippen molar-refractivity contribution in [2.24, 2.45) is 0 Å². The first-order chi connectivity index (χ1) is 9.99. The second-order valence-corrected chi connectivity index (χ2v) is 4.27. The van der Waals surface area contributed by atoms with Crippen molar-refractivity contribution in [3.05, 3.63) is 58.9 Å². The number of ether oxygens (including phenoxy) is 2. The van der Waals surface area contributed by atoms with Gasteiger partial charge in [-0.1, -0.05) is 6.07 Å². The Hall–Kier alpha value is -2.21. The van der Waals surface area contributed by atoms with Crippen molar-refractivity contribution in [1.29, 1.82) is 0 Å². The predicted molar refractivity (Wildman–Crippen MR) is 69.9 cm³/mol. The van der Waals surface area contributed by atoms with Crippen molar-refractivity contribution in [2.75, 3.05) is 14.2 Å². The Kier molecular flexibility index (Phi) is 4.37. The van der Waals surface area contributed by atoms with E-state index < -0.39 is 23.6 Å². The molecule has 2 rings (SSSR count). The van der Waals surface area contributed by atoms with Gasteiger partial charge >= 0.3 is 0 Å². The van der Waals surface area contributed by atoms with E-state index in [9.17, 15) is 18.3 Å². The lowest BCUT2D eigenvalue weighted by Crippen LogP contribution is -2.07. The number of methoxy groups -OCH3 is 2. The second kappa shape index (κ2) is 6.05. The Morgan fingerprint density at radius 3 is 2.19 bits per heavy atom. The molecule has 0 saturated heterocycles. The first kappa shape index (κ1) is 15.2. The molecule has 0 fully saturated rings. The largest absolute Gasteiger partial charge is 0.497 e. The average molecular weight is 298 g/mol. The highest BCUT2D eigenvalue weighted by Gasteiger charge is 2.23. The van der Waals surface area contributed by atoms with Gasteiger partial charge in [0.2, 0.25) is 0 Å². The number of halogens is 3. The Morgan fingerprint density at radius 2 is 1.57 bits per heavy atom. The van der Waals surface area contributed by atoms with Crippen LogP contribution in [-0.4, -0.2) is 19.3 Å². The average Bonchev–Trinajstić information content (AvgIpc) is 2.51. The molecule has 0 aliphatic rings. The second-order valence-electron chi connectivity index (χ2n) is 4.27. The van der Waals surface area contributed by atoms with Gasteiger partial charge in [0.15, 0.2) is 17.5 Å². The molecule has 21 heavy (non-hydrogen) atoms. The summed E-state index contributed by atoms with van der Waals surface area (Å²) in [5.41, 5.74) is -0.166. The molecule has 1 atom stereocenters. The first-order valence-electron chi connectivity index (χ1n) is 6.03. The number of aliphatic hydroxyl groups is 1. The minimum atomic E-state index is -1.63. The van der Waals surface area contributed by atoms with Crippen molar-refractivity contribution in [3.63, 3.8) is 0 Å². The van der Waals surface area contributed by atoms with Crippen molar-refractivity contribution < 1.29 is 27.8 Å². The van der Waals surface area contributed by atoms with E-state index in [4.69, 9.17) is 9.47 Å². The summed E-state index contributed by atoms with van der Waals surface area (Å²) in [6.45, 7) is 0. The van der Waals surface area contributed by atoms with Crippen LogP contribution in [0.15, 0.2) is 30.3 Å². The summed E-state index contributed by atoms with van der Waals surface area (Å²) >= 11 is 0. The minimum Gasteiger partial charge on any atom is -0.497 e. The number of aliphatic hydroxyl groups excluding tert-OH is 1. The van der Waals surface area contributed by atoms with Gasteiger partial charge < -0.3 is 14.6 Å². The van der Waals surface area contributed by atoms with Crippen LogP contribution in [0.25, 0.3) is 0 Å². The summed E-state index contributed by atoms with van der Waals surface area (Å²) < 4.78 is 50.0. The molecule has 0 aliphatic carbocycles. The zero-order valence-corrected chi connectivity index (χ0v) is 11.4. The molecule has 2 aromatic carbocycles. The van der Waals surface area contributed by atoms with Gasteiger partial charge in [0.1, 0.15) is 17.6 Å². The van der Waals surface area contributed by atoms with E-state index in [2.05, 4.69) is 0 Å². The van der Waals surface area contributed by atoms with Crippen LogP contribution >= 0.6 is 0 Å². The lowest BCUT2D eigenvalue weighted by atomic mass is 9.99. The van der Waals surface area contributed by atoms with E-state index in [1.54, 1.807) is 6.07 Å². The maximum Gasteiger partial charge on any atom is 0.194 e. The fourth-order valence-corrected chi connectivity index (χ4v) is 1.96. The quantitative estimate of drug-likeness (QED) is 0.881. The van der Waals surface area contributed by atoms with E-state index >= 15 is 0 Å². The van der Waals surface area contributed by atoms with Crippen LogP contribution in [0.1, 0.15) is 17.2 Å². The van der Waals surface area contributed by atoms with Crippen LogP contribution in [0, 0.1) is 17.5 Å². The molecule has 0 aliphatic heterocycles. The van der Waals surface area contributed by atoms with Crippen molar-refractivity contribution >= 4 is 0 Å². The van der Waals surface area contributed by atoms with Gasteiger partial charge in [-0.15, -0.1) is 0 Å². The van der Waals surface area contributed by atoms with Crippen LogP contribution in [0.5, 0.6) is 11.5 Å². The lowest BCUT2D eigenvalue weighted by molar-refractivity contribution is 0.207. The SMILES string of the molecule is COc1ccc(C(O)c2ccc(F)c(F)c2F)c(OC)c1. The molecule has 0 bridgehead atoms. The molecular weight excluding hydrogens is 285 g/mol. The molecule has 0 aromatic heterocycles. The topological polar surface area (TPSA) is 38.7 Å². The highest BCUT2D eigenvalue weighted by Crippen LogP contribution is 2.34. The zero-order valence-electron chi connectivity index (χ0n) is 11.4.